The van der Waals surface area contributed by atoms with Gasteiger partial charge in [0.25, 0.3) is 5.79 Å². The van der Waals surface area contributed by atoms with Gasteiger partial charge in [0.15, 0.2) is 0 Å². The number of carboxylic acid groups (broad SMARTS) is 1. The lowest BCUT2D eigenvalue weighted by Gasteiger charge is -2.47. The Balaban J connectivity index is 3.27. The number of rotatable bonds is 6. The van der Waals surface area contributed by atoms with E-state index < -0.39 is 60.5 Å². The monoisotopic (exact) mass is 325 g/mol. The molecule has 0 bridgehead atoms. The fraction of sp³-hybridized carbons (Fsp3) is 0.818. The van der Waals surface area contributed by atoms with Crippen LogP contribution in [-0.4, -0.2) is 90.5 Å². The van der Waals surface area contributed by atoms with Crippen molar-refractivity contribution in [3.63, 3.8) is 0 Å². The number of aliphatic carboxylic acids is 1. The largest absolute Gasteiger partial charge is 0.477 e. The number of ketones is 1. The van der Waals surface area contributed by atoms with Crippen molar-refractivity contribution < 1.29 is 50.2 Å². The van der Waals surface area contributed by atoms with Crippen molar-refractivity contribution in [2.45, 2.75) is 43.2 Å². The van der Waals surface area contributed by atoms with E-state index in [1.807, 2.05) is 0 Å². The molecule has 0 saturated carbocycles. The van der Waals surface area contributed by atoms with Crippen molar-refractivity contribution >= 4 is 11.8 Å². The molecule has 0 aromatic carbocycles. The molecule has 1 aliphatic heterocycles. The average Bonchev–Trinajstić information content (AvgIpc) is 2.44. The third kappa shape index (κ3) is 3.11. The maximum absolute atomic E-state index is 11.5. The molecule has 8 N–H and O–H groups in total. The van der Waals surface area contributed by atoms with Gasteiger partial charge in [-0.15, -0.1) is 0 Å². The summed E-state index contributed by atoms with van der Waals surface area (Å²) in [6.45, 7) is -0.0319. The molecule has 1 rings (SSSR count). The second-order valence-corrected chi connectivity index (χ2v) is 5.06. The van der Waals surface area contributed by atoms with Crippen molar-refractivity contribution in [1.29, 1.82) is 0 Å². The molecule has 0 amide bonds. The lowest BCUT2D eigenvalue weighted by molar-refractivity contribution is -0.319. The molecule has 1 fully saturated rings. The van der Waals surface area contributed by atoms with Crippen LogP contribution in [0.4, 0.5) is 0 Å². The number of hydrogen-bond donors (Lipinski definition) is 8. The number of aliphatic hydroxyl groups excluding tert-OH is 4. The fourth-order valence-corrected chi connectivity index (χ4v) is 2.45. The Morgan fingerprint density at radius 2 is 1.91 bits per heavy atom. The van der Waals surface area contributed by atoms with Gasteiger partial charge >= 0.3 is 5.97 Å². The Kier molecular flexibility index (Phi) is 5.95. The summed E-state index contributed by atoms with van der Waals surface area (Å²) in [5.41, 5.74) is 1.54. The van der Waals surface area contributed by atoms with Crippen molar-refractivity contribution in [1.82, 2.24) is 5.48 Å². The molecule has 0 radical (unpaired) electrons. The highest BCUT2D eigenvalue weighted by Crippen LogP contribution is 2.35. The number of hydrogen-bond acceptors (Lipinski definition) is 10. The minimum absolute atomic E-state index is 0.902. The standard InChI is InChI=1S/C11H19NO10/c1-3(14)5-8(17)6(12-21)9(7(16)4(15)2-13)22-11(5,20)10(18)19/h4-9,12-13,15-17,20-21H,2H2,1H3,(H,18,19)/t4-,5?,6-,7-,8+,9-,11?/m1/s1. The number of ether oxygens (including phenoxy) is 1. The number of aliphatic hydroxyl groups is 5. The van der Waals surface area contributed by atoms with Gasteiger partial charge in [0.1, 0.15) is 30.0 Å². The van der Waals surface area contributed by atoms with E-state index in [1.54, 1.807) is 5.48 Å². The molecule has 1 aliphatic rings. The van der Waals surface area contributed by atoms with E-state index in [2.05, 4.69) is 0 Å². The highest BCUT2D eigenvalue weighted by Gasteiger charge is 2.61. The Hall–Kier alpha value is -1.18. The van der Waals surface area contributed by atoms with Gasteiger partial charge in [0.2, 0.25) is 0 Å². The summed E-state index contributed by atoms with van der Waals surface area (Å²) in [6.07, 6.45) is -7.57. The SMILES string of the molecule is CC(=O)C1[C@H](O)[C@@H](NO)[C@H]([C@H](O)[C@H](O)CO)OC1(O)C(=O)O. The molecule has 1 heterocycles. The van der Waals surface area contributed by atoms with Crippen molar-refractivity contribution in [2.75, 3.05) is 6.61 Å². The van der Waals surface area contributed by atoms with Gasteiger partial charge in [-0.3, -0.25) is 4.79 Å². The van der Waals surface area contributed by atoms with Crippen LogP contribution in [0.1, 0.15) is 6.92 Å². The van der Waals surface area contributed by atoms with Crippen molar-refractivity contribution in [3.8, 4) is 0 Å². The molecule has 0 aromatic heterocycles. The number of carbonyl (C=O) groups excluding carboxylic acids is 1. The van der Waals surface area contributed by atoms with Gasteiger partial charge in [-0.25, -0.2) is 4.79 Å². The maximum Gasteiger partial charge on any atom is 0.365 e. The Morgan fingerprint density at radius 3 is 2.27 bits per heavy atom. The Morgan fingerprint density at radius 1 is 1.36 bits per heavy atom. The summed E-state index contributed by atoms with van der Waals surface area (Å²) >= 11 is 0. The zero-order chi connectivity index (χ0) is 17.2. The van der Waals surface area contributed by atoms with Crippen LogP contribution in [0.5, 0.6) is 0 Å². The van der Waals surface area contributed by atoms with E-state index in [4.69, 9.17) is 20.2 Å². The first kappa shape index (κ1) is 18.9. The first-order valence-corrected chi connectivity index (χ1v) is 6.30. The van der Waals surface area contributed by atoms with E-state index >= 15 is 0 Å². The molecule has 2 unspecified atom stereocenters. The quantitative estimate of drug-likeness (QED) is 0.220. The normalized spacial score (nSPS) is 38.3. The Labute approximate surface area is 124 Å². The number of Topliss-reactive ketones (excluding diaryl/α,β-unsaturated/α-hetero) is 1. The predicted molar refractivity (Wildman–Crippen MR) is 65.4 cm³/mol. The highest BCUT2D eigenvalue weighted by atomic mass is 16.7. The number of carbonyl (C=O) groups is 2. The smallest absolute Gasteiger partial charge is 0.365 e. The summed E-state index contributed by atoms with van der Waals surface area (Å²) in [5.74, 6) is -8.07. The van der Waals surface area contributed by atoms with Crippen LogP contribution < -0.4 is 5.48 Å². The maximum atomic E-state index is 11.5. The molecule has 1 saturated heterocycles. The summed E-state index contributed by atoms with van der Waals surface area (Å²) < 4.78 is 4.80. The van der Waals surface area contributed by atoms with Gasteiger partial charge in [0.05, 0.1) is 18.8 Å². The van der Waals surface area contributed by atoms with Crippen LogP contribution >= 0.6 is 0 Å². The van der Waals surface area contributed by atoms with Gasteiger partial charge in [-0.1, -0.05) is 0 Å². The molecule has 22 heavy (non-hydrogen) atoms. The average molecular weight is 325 g/mol. The van der Waals surface area contributed by atoms with Gasteiger partial charge in [-0.05, 0) is 6.92 Å². The van der Waals surface area contributed by atoms with Crippen LogP contribution in [0, 0.1) is 5.92 Å². The molecular formula is C11H19NO10. The summed E-state index contributed by atoms with van der Waals surface area (Å²) in [4.78, 5) is 22.8. The summed E-state index contributed by atoms with van der Waals surface area (Å²) in [6, 6.07) is -1.61. The number of hydroxylamine groups is 1. The van der Waals surface area contributed by atoms with E-state index in [-0.39, 0.29) is 0 Å². The molecule has 11 nitrogen and oxygen atoms in total. The van der Waals surface area contributed by atoms with Crippen molar-refractivity contribution in [2.24, 2.45) is 5.92 Å². The molecule has 11 heteroatoms. The molecule has 0 aliphatic carbocycles. The first-order valence-electron chi connectivity index (χ1n) is 6.30. The lowest BCUT2D eigenvalue weighted by atomic mass is 9.79. The van der Waals surface area contributed by atoms with E-state index in [9.17, 15) is 30.0 Å². The zero-order valence-electron chi connectivity index (χ0n) is 11.5. The van der Waals surface area contributed by atoms with E-state index in [0.717, 1.165) is 6.92 Å². The second-order valence-electron chi connectivity index (χ2n) is 5.06. The van der Waals surface area contributed by atoms with E-state index in [0.29, 0.717) is 0 Å². The summed E-state index contributed by atoms with van der Waals surface area (Å²) in [7, 11) is 0. The molecule has 7 atom stereocenters. The van der Waals surface area contributed by atoms with Gasteiger partial charge in [0, 0.05) is 0 Å². The van der Waals surface area contributed by atoms with Crippen LogP contribution in [0.15, 0.2) is 0 Å². The van der Waals surface area contributed by atoms with Crippen LogP contribution in [0.3, 0.4) is 0 Å². The highest BCUT2D eigenvalue weighted by molar-refractivity contribution is 5.88. The fourth-order valence-electron chi connectivity index (χ4n) is 2.45. The number of carboxylic acids is 1. The molecule has 128 valence electrons. The first-order chi connectivity index (χ1) is 10.1. The van der Waals surface area contributed by atoms with Crippen molar-refractivity contribution in [3.05, 3.63) is 0 Å². The van der Waals surface area contributed by atoms with Gasteiger partial charge in [-0.2, -0.15) is 5.48 Å². The lowest BCUT2D eigenvalue weighted by Crippen LogP contribution is -2.71. The summed E-state index contributed by atoms with van der Waals surface area (Å²) in [5, 5.41) is 66.3. The minimum atomic E-state index is -3.18. The van der Waals surface area contributed by atoms with Crippen LogP contribution in [-0.2, 0) is 14.3 Å². The van der Waals surface area contributed by atoms with Crippen LogP contribution in [0.25, 0.3) is 0 Å². The molecule has 0 aromatic rings. The third-order valence-electron chi connectivity index (χ3n) is 3.61. The topological polar surface area (TPSA) is 197 Å². The van der Waals surface area contributed by atoms with Crippen LogP contribution in [0.2, 0.25) is 0 Å². The minimum Gasteiger partial charge on any atom is -0.477 e. The molecular weight excluding hydrogens is 306 g/mol. The second kappa shape index (κ2) is 6.93. The predicted octanol–water partition coefficient (Wildman–Crippen LogP) is -4.21. The number of nitrogens with one attached hydrogen (secondary N) is 1. The zero-order valence-corrected chi connectivity index (χ0v) is 11.5. The van der Waals surface area contributed by atoms with E-state index in [1.165, 1.54) is 0 Å². The van der Waals surface area contributed by atoms with Gasteiger partial charge < -0.3 is 40.6 Å². The third-order valence-corrected chi connectivity index (χ3v) is 3.61. The molecule has 0 spiro atoms. The Bertz CT molecular complexity index is 431.